The Morgan fingerprint density at radius 2 is 2.10 bits per heavy atom. The summed E-state index contributed by atoms with van der Waals surface area (Å²) in [6.07, 6.45) is -2.17. The molecular formula is C12H17F3N4O. The predicted molar refractivity (Wildman–Crippen MR) is 67.7 cm³/mol. The van der Waals surface area contributed by atoms with Crippen LogP contribution in [0.15, 0.2) is 6.07 Å². The van der Waals surface area contributed by atoms with Crippen LogP contribution in [0, 0.1) is 0 Å². The summed E-state index contributed by atoms with van der Waals surface area (Å²) in [6.45, 7) is 0.954. The Labute approximate surface area is 115 Å². The molecule has 0 amide bonds. The monoisotopic (exact) mass is 290 g/mol. The van der Waals surface area contributed by atoms with Crippen LogP contribution in [0.5, 0.6) is 5.88 Å². The molecule has 1 fully saturated rings. The average molecular weight is 290 g/mol. The lowest BCUT2D eigenvalue weighted by molar-refractivity contribution is -0.141. The first-order valence-corrected chi connectivity index (χ1v) is 6.37. The Hall–Kier alpha value is -1.57. The number of nitrogens with zero attached hydrogens (tertiary/aromatic N) is 3. The number of nitrogens with one attached hydrogen (secondary N) is 1. The minimum Gasteiger partial charge on any atom is -0.476 e. The van der Waals surface area contributed by atoms with Crippen LogP contribution in [-0.2, 0) is 6.18 Å². The van der Waals surface area contributed by atoms with E-state index in [1.54, 1.807) is 0 Å². The van der Waals surface area contributed by atoms with E-state index in [0.29, 0.717) is 19.2 Å². The standard InChI is InChI=1S/C12H17F3N4O/c1-16-11-17-9(12(13,14)15)7-10(18-11)20-6-5-19(2)8-3-4-8/h7-8H,3-6H2,1-2H3,(H,16,17,18). The lowest BCUT2D eigenvalue weighted by atomic mass is 10.4. The fourth-order valence-corrected chi connectivity index (χ4v) is 1.75. The number of halogens is 3. The normalized spacial score (nSPS) is 15.5. The van der Waals surface area contributed by atoms with Gasteiger partial charge in [0.05, 0.1) is 0 Å². The van der Waals surface area contributed by atoms with Gasteiger partial charge in [-0.1, -0.05) is 0 Å². The fourth-order valence-electron chi connectivity index (χ4n) is 1.75. The predicted octanol–water partition coefficient (Wildman–Crippen LogP) is 2.01. The number of hydrogen-bond donors (Lipinski definition) is 1. The molecule has 1 aromatic heterocycles. The number of aromatic nitrogens is 2. The van der Waals surface area contributed by atoms with E-state index in [9.17, 15) is 13.2 Å². The second-order valence-corrected chi connectivity index (χ2v) is 4.72. The molecule has 0 radical (unpaired) electrons. The number of alkyl halides is 3. The van der Waals surface area contributed by atoms with E-state index in [0.717, 1.165) is 6.07 Å². The first-order valence-electron chi connectivity index (χ1n) is 6.37. The molecule has 1 aliphatic carbocycles. The van der Waals surface area contributed by atoms with Crippen LogP contribution in [-0.4, -0.2) is 48.2 Å². The molecule has 0 saturated heterocycles. The van der Waals surface area contributed by atoms with Gasteiger partial charge in [-0.2, -0.15) is 18.2 Å². The molecule has 5 nitrogen and oxygen atoms in total. The maximum atomic E-state index is 12.7. The van der Waals surface area contributed by atoms with E-state index in [1.165, 1.54) is 19.9 Å². The van der Waals surface area contributed by atoms with Crippen LogP contribution in [0.1, 0.15) is 18.5 Å². The highest BCUT2D eigenvalue weighted by atomic mass is 19.4. The molecule has 8 heteroatoms. The van der Waals surface area contributed by atoms with Crippen molar-refractivity contribution >= 4 is 5.95 Å². The molecule has 112 valence electrons. The summed E-state index contributed by atoms with van der Waals surface area (Å²) in [6, 6.07) is 1.40. The molecule has 1 heterocycles. The van der Waals surface area contributed by atoms with Gasteiger partial charge in [-0.05, 0) is 19.9 Å². The summed E-state index contributed by atoms with van der Waals surface area (Å²) in [5.74, 6) is -0.175. The summed E-state index contributed by atoms with van der Waals surface area (Å²) < 4.78 is 43.3. The highest BCUT2D eigenvalue weighted by molar-refractivity contribution is 5.31. The van der Waals surface area contributed by atoms with Crippen LogP contribution in [0.4, 0.5) is 19.1 Å². The maximum Gasteiger partial charge on any atom is 0.433 e. The number of anilines is 1. The molecular weight excluding hydrogens is 273 g/mol. The van der Waals surface area contributed by atoms with E-state index in [4.69, 9.17) is 4.74 Å². The van der Waals surface area contributed by atoms with E-state index in [1.807, 2.05) is 7.05 Å². The van der Waals surface area contributed by atoms with E-state index in [2.05, 4.69) is 20.2 Å². The molecule has 0 atom stereocenters. The second kappa shape index (κ2) is 5.82. The third-order valence-corrected chi connectivity index (χ3v) is 3.08. The Balaban J connectivity index is 1.98. The van der Waals surface area contributed by atoms with Gasteiger partial charge in [0.2, 0.25) is 11.8 Å². The van der Waals surface area contributed by atoms with E-state index >= 15 is 0 Å². The lowest BCUT2D eigenvalue weighted by Gasteiger charge is -2.16. The lowest BCUT2D eigenvalue weighted by Crippen LogP contribution is -2.26. The van der Waals surface area contributed by atoms with Crippen molar-refractivity contribution in [1.29, 1.82) is 0 Å². The molecule has 0 bridgehead atoms. The van der Waals surface area contributed by atoms with Crippen LogP contribution < -0.4 is 10.1 Å². The summed E-state index contributed by atoms with van der Waals surface area (Å²) in [4.78, 5) is 9.36. The van der Waals surface area contributed by atoms with Crippen LogP contribution in [0.2, 0.25) is 0 Å². The van der Waals surface area contributed by atoms with Crippen molar-refractivity contribution in [2.24, 2.45) is 0 Å². The van der Waals surface area contributed by atoms with Crippen molar-refractivity contribution in [2.75, 3.05) is 32.6 Å². The minimum absolute atomic E-state index is 0.0686. The molecule has 20 heavy (non-hydrogen) atoms. The maximum absolute atomic E-state index is 12.7. The first kappa shape index (κ1) is 14.8. The number of likely N-dealkylation sites (N-methyl/N-ethyl adjacent to an activating group) is 1. The third-order valence-electron chi connectivity index (χ3n) is 3.08. The molecule has 1 saturated carbocycles. The Kier molecular flexibility index (Phi) is 4.32. The largest absolute Gasteiger partial charge is 0.476 e. The summed E-state index contributed by atoms with van der Waals surface area (Å²) in [7, 11) is 3.43. The van der Waals surface area contributed by atoms with Gasteiger partial charge in [-0.3, -0.25) is 0 Å². The van der Waals surface area contributed by atoms with Gasteiger partial charge < -0.3 is 15.0 Å². The van der Waals surface area contributed by atoms with Crippen molar-refractivity contribution < 1.29 is 17.9 Å². The molecule has 0 aliphatic heterocycles. The fraction of sp³-hybridized carbons (Fsp3) is 0.667. The van der Waals surface area contributed by atoms with Gasteiger partial charge >= 0.3 is 6.18 Å². The van der Waals surface area contributed by atoms with Crippen molar-refractivity contribution in [2.45, 2.75) is 25.1 Å². The SMILES string of the molecule is CNc1nc(OCCN(C)C2CC2)cc(C(F)(F)F)n1. The smallest absolute Gasteiger partial charge is 0.433 e. The number of hydrogen-bond acceptors (Lipinski definition) is 5. The zero-order chi connectivity index (χ0) is 14.8. The van der Waals surface area contributed by atoms with Gasteiger partial charge in [0.25, 0.3) is 0 Å². The van der Waals surface area contributed by atoms with E-state index < -0.39 is 11.9 Å². The van der Waals surface area contributed by atoms with Crippen molar-refractivity contribution in [3.8, 4) is 5.88 Å². The molecule has 0 unspecified atom stereocenters. The Morgan fingerprint density at radius 3 is 2.65 bits per heavy atom. The molecule has 0 spiro atoms. The first-order chi connectivity index (χ1) is 9.40. The van der Waals surface area contributed by atoms with Crippen LogP contribution >= 0.6 is 0 Å². The summed E-state index contributed by atoms with van der Waals surface area (Å²) >= 11 is 0. The quantitative estimate of drug-likeness (QED) is 0.868. The van der Waals surface area contributed by atoms with Gasteiger partial charge in [0.15, 0.2) is 5.69 Å². The van der Waals surface area contributed by atoms with Gasteiger partial charge in [0.1, 0.15) is 6.61 Å². The zero-order valence-corrected chi connectivity index (χ0v) is 11.4. The van der Waals surface area contributed by atoms with Crippen LogP contribution in [0.25, 0.3) is 0 Å². The van der Waals surface area contributed by atoms with Crippen molar-refractivity contribution in [3.05, 3.63) is 11.8 Å². The Bertz CT molecular complexity index is 463. The zero-order valence-electron chi connectivity index (χ0n) is 11.4. The van der Waals surface area contributed by atoms with E-state index in [-0.39, 0.29) is 11.8 Å². The third kappa shape index (κ3) is 3.96. The number of ether oxygens (including phenoxy) is 1. The molecule has 2 rings (SSSR count). The van der Waals surface area contributed by atoms with Crippen molar-refractivity contribution in [1.82, 2.24) is 14.9 Å². The minimum atomic E-state index is -4.52. The topological polar surface area (TPSA) is 50.3 Å². The van der Waals surface area contributed by atoms with Crippen LogP contribution in [0.3, 0.4) is 0 Å². The molecule has 0 aromatic carbocycles. The molecule has 1 aromatic rings. The highest BCUT2D eigenvalue weighted by Crippen LogP contribution is 2.30. The van der Waals surface area contributed by atoms with Gasteiger partial charge in [0, 0.05) is 25.7 Å². The molecule has 1 aliphatic rings. The molecule has 1 N–H and O–H groups in total. The van der Waals surface area contributed by atoms with Gasteiger partial charge in [-0.15, -0.1) is 0 Å². The van der Waals surface area contributed by atoms with Gasteiger partial charge in [-0.25, -0.2) is 4.98 Å². The van der Waals surface area contributed by atoms with Crippen molar-refractivity contribution in [3.63, 3.8) is 0 Å². The number of rotatable bonds is 6. The summed E-state index contributed by atoms with van der Waals surface area (Å²) in [5.41, 5.74) is -1.01. The highest BCUT2D eigenvalue weighted by Gasteiger charge is 2.34. The second-order valence-electron chi connectivity index (χ2n) is 4.72. The average Bonchev–Trinajstić information content (AvgIpc) is 3.21. The Morgan fingerprint density at radius 1 is 1.40 bits per heavy atom. The summed E-state index contributed by atoms with van der Waals surface area (Å²) in [5, 5.41) is 2.49.